The highest BCUT2D eigenvalue weighted by Gasteiger charge is 2.53. The molecule has 2 fully saturated rings. The predicted molar refractivity (Wildman–Crippen MR) is 113 cm³/mol. The van der Waals surface area contributed by atoms with Crippen LogP contribution in [0.1, 0.15) is 55.4 Å². The van der Waals surface area contributed by atoms with Gasteiger partial charge in [-0.2, -0.15) is 0 Å². The van der Waals surface area contributed by atoms with E-state index in [-0.39, 0.29) is 34.8 Å². The van der Waals surface area contributed by atoms with E-state index in [1.165, 1.54) is 0 Å². The number of carbonyl (C=O) groups is 1. The lowest BCUT2D eigenvalue weighted by Gasteiger charge is -2.54. The topological polar surface area (TPSA) is 64.6 Å². The molecule has 1 spiro atoms. The van der Waals surface area contributed by atoms with Crippen molar-refractivity contribution < 1.29 is 14.3 Å². The molecule has 3 aliphatic heterocycles. The van der Waals surface area contributed by atoms with Gasteiger partial charge in [0.1, 0.15) is 11.4 Å². The van der Waals surface area contributed by atoms with Gasteiger partial charge >= 0.3 is 0 Å². The molecule has 1 amide bonds. The van der Waals surface area contributed by atoms with Gasteiger partial charge in [-0.05, 0) is 62.8 Å². The molecule has 158 valence electrons. The number of nitrogens with zero attached hydrogens (tertiary/aromatic N) is 3. The van der Waals surface area contributed by atoms with Gasteiger partial charge < -0.3 is 14.4 Å². The molecule has 0 N–H and O–H groups in total. The maximum Gasteiger partial charge on any atom is 0.291 e. The van der Waals surface area contributed by atoms with Crippen LogP contribution in [0.15, 0.2) is 36.7 Å². The molecule has 1 aromatic heterocycles. The number of carbonyl (C=O) groups excluding carboxylic acids is 1. The van der Waals surface area contributed by atoms with E-state index < -0.39 is 0 Å². The number of fused-ring (bicyclic) bond motifs is 3. The van der Waals surface area contributed by atoms with Crippen molar-refractivity contribution in [3.8, 4) is 5.75 Å². The minimum Gasteiger partial charge on any atom is -0.487 e. The van der Waals surface area contributed by atoms with Gasteiger partial charge in [0.25, 0.3) is 5.91 Å². The molecule has 5 rings (SSSR count). The number of ether oxygens (including phenoxy) is 2. The second kappa shape index (κ2) is 7.20. The molecule has 30 heavy (non-hydrogen) atoms. The Bertz CT molecular complexity index is 957. The summed E-state index contributed by atoms with van der Waals surface area (Å²) in [6, 6.07) is 7.50. The van der Waals surface area contributed by atoms with Crippen LogP contribution >= 0.6 is 11.6 Å². The first-order valence-electron chi connectivity index (χ1n) is 10.5. The van der Waals surface area contributed by atoms with Crippen molar-refractivity contribution in [1.82, 2.24) is 14.9 Å². The molecule has 1 aromatic carbocycles. The maximum atomic E-state index is 12.7. The number of halogens is 1. The number of piperidine rings is 1. The lowest BCUT2D eigenvalue weighted by atomic mass is 9.64. The van der Waals surface area contributed by atoms with Gasteiger partial charge in [0.15, 0.2) is 0 Å². The van der Waals surface area contributed by atoms with Crippen LogP contribution in [-0.2, 0) is 4.74 Å². The fraction of sp³-hybridized carbons (Fsp3) is 0.522. The molecule has 6 nitrogen and oxygen atoms in total. The fourth-order valence-electron chi connectivity index (χ4n) is 5.21. The van der Waals surface area contributed by atoms with Gasteiger partial charge in [0, 0.05) is 42.0 Å². The highest BCUT2D eigenvalue weighted by atomic mass is 35.5. The summed E-state index contributed by atoms with van der Waals surface area (Å²) in [5.74, 6) is 1.27. The third kappa shape index (κ3) is 3.36. The van der Waals surface area contributed by atoms with Crippen molar-refractivity contribution in [2.75, 3.05) is 19.7 Å². The van der Waals surface area contributed by atoms with Crippen molar-refractivity contribution >= 4 is 17.5 Å². The fourth-order valence-corrected chi connectivity index (χ4v) is 5.39. The number of likely N-dealkylation sites (tertiary alicyclic amines) is 1. The molecule has 0 saturated carbocycles. The molecular formula is C23H26ClN3O3. The van der Waals surface area contributed by atoms with Gasteiger partial charge in [-0.25, -0.2) is 9.97 Å². The van der Waals surface area contributed by atoms with E-state index in [2.05, 4.69) is 23.8 Å². The Kier molecular flexibility index (Phi) is 4.75. The first kappa shape index (κ1) is 19.8. The van der Waals surface area contributed by atoms with Crippen LogP contribution in [0, 0.1) is 11.3 Å². The van der Waals surface area contributed by atoms with Gasteiger partial charge in [0.2, 0.25) is 5.82 Å². The van der Waals surface area contributed by atoms with Crippen molar-refractivity contribution in [3.05, 3.63) is 53.1 Å². The Labute approximate surface area is 181 Å². The van der Waals surface area contributed by atoms with Crippen molar-refractivity contribution in [1.29, 1.82) is 0 Å². The van der Waals surface area contributed by atoms with Gasteiger partial charge in [0.05, 0.1) is 12.7 Å². The van der Waals surface area contributed by atoms with Gasteiger partial charge in [-0.3, -0.25) is 4.79 Å². The Balaban J connectivity index is 1.33. The van der Waals surface area contributed by atoms with E-state index in [4.69, 9.17) is 21.1 Å². The second-order valence-electron chi connectivity index (χ2n) is 9.29. The highest BCUT2D eigenvalue weighted by molar-refractivity contribution is 6.30. The Hall–Kier alpha value is -2.18. The minimum absolute atomic E-state index is 0.00884. The second-order valence-corrected chi connectivity index (χ2v) is 9.73. The first-order valence-corrected chi connectivity index (χ1v) is 10.9. The zero-order valence-corrected chi connectivity index (χ0v) is 18.1. The zero-order valence-electron chi connectivity index (χ0n) is 17.3. The Morgan fingerprint density at radius 3 is 2.67 bits per heavy atom. The van der Waals surface area contributed by atoms with Crippen LogP contribution in [0.5, 0.6) is 5.75 Å². The molecule has 7 heteroatoms. The largest absolute Gasteiger partial charge is 0.487 e. The molecule has 0 radical (unpaired) electrons. The molecule has 2 atom stereocenters. The number of rotatable bonds is 1. The van der Waals surface area contributed by atoms with Crippen LogP contribution in [0.3, 0.4) is 0 Å². The third-order valence-electron chi connectivity index (χ3n) is 7.00. The summed E-state index contributed by atoms with van der Waals surface area (Å²) in [6.45, 7) is 6.38. The predicted octanol–water partition coefficient (Wildman–Crippen LogP) is 4.30. The highest BCUT2D eigenvalue weighted by Crippen LogP contribution is 2.55. The summed E-state index contributed by atoms with van der Waals surface area (Å²) < 4.78 is 12.9. The van der Waals surface area contributed by atoms with Crippen LogP contribution in [-0.4, -0.2) is 46.1 Å². The van der Waals surface area contributed by atoms with Crippen LogP contribution in [0.2, 0.25) is 5.02 Å². The molecule has 2 aromatic rings. The summed E-state index contributed by atoms with van der Waals surface area (Å²) in [7, 11) is 0. The Morgan fingerprint density at radius 1 is 1.20 bits per heavy atom. The van der Waals surface area contributed by atoms with Crippen molar-refractivity contribution in [3.63, 3.8) is 0 Å². The van der Waals surface area contributed by atoms with E-state index in [0.717, 1.165) is 30.6 Å². The number of hydrogen-bond acceptors (Lipinski definition) is 5. The molecule has 2 saturated heterocycles. The average molecular weight is 428 g/mol. The number of aromatic nitrogens is 2. The lowest BCUT2D eigenvalue weighted by Crippen LogP contribution is -2.54. The minimum atomic E-state index is -0.330. The average Bonchev–Trinajstić information content (AvgIpc) is 2.75. The Morgan fingerprint density at radius 2 is 1.93 bits per heavy atom. The SMILES string of the molecule is CC1(C)Oc2ccc(Cl)cc2[C@H]2OCC3(CCN(C(=O)c4ncccn4)CC3)C[C@@H]21. The van der Waals surface area contributed by atoms with E-state index in [1.807, 2.05) is 23.1 Å². The van der Waals surface area contributed by atoms with E-state index in [9.17, 15) is 4.79 Å². The van der Waals surface area contributed by atoms with Crippen LogP contribution in [0.4, 0.5) is 0 Å². The van der Waals surface area contributed by atoms with E-state index >= 15 is 0 Å². The molecule has 4 heterocycles. The maximum absolute atomic E-state index is 12.7. The normalized spacial score (nSPS) is 26.4. The summed E-state index contributed by atoms with van der Waals surface area (Å²) >= 11 is 6.26. The number of benzene rings is 1. The first-order chi connectivity index (χ1) is 14.4. The molecule has 3 aliphatic rings. The summed E-state index contributed by atoms with van der Waals surface area (Å²) in [6.07, 6.45) is 6.04. The third-order valence-corrected chi connectivity index (χ3v) is 7.24. The molecule has 0 aliphatic carbocycles. The van der Waals surface area contributed by atoms with Crippen LogP contribution in [0.25, 0.3) is 0 Å². The molecule has 0 unspecified atom stereocenters. The number of hydrogen-bond donors (Lipinski definition) is 0. The lowest BCUT2D eigenvalue weighted by molar-refractivity contribution is -0.173. The summed E-state index contributed by atoms with van der Waals surface area (Å²) in [5.41, 5.74) is 0.783. The zero-order chi connectivity index (χ0) is 20.9. The summed E-state index contributed by atoms with van der Waals surface area (Å²) in [4.78, 5) is 22.8. The van der Waals surface area contributed by atoms with Crippen molar-refractivity contribution in [2.24, 2.45) is 11.3 Å². The van der Waals surface area contributed by atoms with Crippen molar-refractivity contribution in [2.45, 2.75) is 44.8 Å². The standard InChI is InChI=1S/C23H26ClN3O3/c1-22(2)17-13-23(14-29-19(17)16-12-15(24)4-5-18(16)30-22)6-10-27(11-7-23)21(28)20-25-8-3-9-26-20/h3-5,8-9,12,17,19H,6-7,10-11,13-14H2,1-2H3/t17-,19+/m0/s1. The summed E-state index contributed by atoms with van der Waals surface area (Å²) in [5, 5.41) is 0.703. The molecule has 0 bridgehead atoms. The van der Waals surface area contributed by atoms with E-state index in [1.54, 1.807) is 18.5 Å². The van der Waals surface area contributed by atoms with Crippen LogP contribution < -0.4 is 4.74 Å². The molecular weight excluding hydrogens is 402 g/mol. The number of amides is 1. The smallest absolute Gasteiger partial charge is 0.291 e. The monoisotopic (exact) mass is 427 g/mol. The van der Waals surface area contributed by atoms with E-state index in [0.29, 0.717) is 24.7 Å². The van der Waals surface area contributed by atoms with Gasteiger partial charge in [-0.15, -0.1) is 0 Å². The quantitative estimate of drug-likeness (QED) is 0.678. The van der Waals surface area contributed by atoms with Gasteiger partial charge in [-0.1, -0.05) is 11.6 Å².